The third-order valence-corrected chi connectivity index (χ3v) is 2.02. The van der Waals surface area contributed by atoms with Crippen LogP contribution in [0.5, 0.6) is 0 Å². The van der Waals surface area contributed by atoms with Crippen LogP contribution < -0.4 is 0 Å². The molecule has 1 aliphatic rings. The second kappa shape index (κ2) is 4.34. The van der Waals surface area contributed by atoms with Crippen LogP contribution in [-0.2, 0) is 9.53 Å². The van der Waals surface area contributed by atoms with Crippen LogP contribution in [0, 0.1) is 0 Å². The summed E-state index contributed by atoms with van der Waals surface area (Å²) in [4.78, 5) is 12.1. The number of hydrogen-bond donors (Lipinski definition) is 0. The van der Waals surface area contributed by atoms with E-state index in [1.165, 1.54) is 0 Å². The molecule has 0 aliphatic carbocycles. The Labute approximate surface area is 67.3 Å². The third-order valence-electron chi connectivity index (χ3n) is 2.02. The number of likely N-dealkylation sites (N-methyl/N-ethyl adjacent to an activating group) is 1. The average Bonchev–Trinajstić information content (AvgIpc) is 2.52. The van der Waals surface area contributed by atoms with Gasteiger partial charge >= 0.3 is 0 Å². The fourth-order valence-corrected chi connectivity index (χ4v) is 1.30. The first-order chi connectivity index (χ1) is 5.36. The molecule has 1 heterocycles. The van der Waals surface area contributed by atoms with Gasteiger partial charge in [0, 0.05) is 19.7 Å². The van der Waals surface area contributed by atoms with E-state index in [1.807, 2.05) is 6.92 Å². The molecule has 1 amide bonds. The maximum absolute atomic E-state index is 10.4. The lowest BCUT2D eigenvalue weighted by Crippen LogP contribution is -2.30. The lowest BCUT2D eigenvalue weighted by atomic mass is 10.2. The van der Waals surface area contributed by atoms with Crippen molar-refractivity contribution < 1.29 is 9.53 Å². The lowest BCUT2D eigenvalue weighted by Gasteiger charge is -2.18. The van der Waals surface area contributed by atoms with Crippen molar-refractivity contribution in [3.05, 3.63) is 0 Å². The van der Waals surface area contributed by atoms with E-state index in [4.69, 9.17) is 4.74 Å². The van der Waals surface area contributed by atoms with Crippen molar-refractivity contribution in [1.82, 2.24) is 4.90 Å². The van der Waals surface area contributed by atoms with Crippen molar-refractivity contribution in [3.8, 4) is 0 Å². The molecule has 1 atom stereocenters. The third kappa shape index (κ3) is 2.50. The van der Waals surface area contributed by atoms with Crippen molar-refractivity contribution in [1.29, 1.82) is 0 Å². The molecule has 3 heteroatoms. The molecule has 11 heavy (non-hydrogen) atoms. The van der Waals surface area contributed by atoms with Gasteiger partial charge in [-0.2, -0.15) is 0 Å². The number of amides is 1. The summed E-state index contributed by atoms with van der Waals surface area (Å²) in [5, 5.41) is 0. The van der Waals surface area contributed by atoms with Gasteiger partial charge in [-0.15, -0.1) is 0 Å². The van der Waals surface area contributed by atoms with Gasteiger partial charge in [0.15, 0.2) is 0 Å². The highest BCUT2D eigenvalue weighted by Gasteiger charge is 2.17. The molecular weight excluding hydrogens is 142 g/mol. The number of carbonyl (C=O) groups excluding carboxylic acids is 1. The van der Waals surface area contributed by atoms with E-state index in [1.54, 1.807) is 4.90 Å². The number of hydrogen-bond acceptors (Lipinski definition) is 2. The molecule has 0 saturated carbocycles. The van der Waals surface area contributed by atoms with E-state index in [9.17, 15) is 4.79 Å². The number of carbonyl (C=O) groups is 1. The molecule has 0 spiro atoms. The molecule has 0 radical (unpaired) electrons. The Morgan fingerprint density at radius 3 is 3.00 bits per heavy atom. The molecule has 1 unspecified atom stereocenters. The fraction of sp³-hybridized carbons (Fsp3) is 0.875. The minimum absolute atomic E-state index is 0.292. The first kappa shape index (κ1) is 8.53. The number of rotatable bonds is 4. The highest BCUT2D eigenvalue weighted by Crippen LogP contribution is 2.12. The van der Waals surface area contributed by atoms with Crippen molar-refractivity contribution in [3.63, 3.8) is 0 Å². The highest BCUT2D eigenvalue weighted by atomic mass is 16.5. The van der Waals surface area contributed by atoms with Gasteiger partial charge in [0.05, 0.1) is 6.10 Å². The van der Waals surface area contributed by atoms with Crippen LogP contribution in [0.2, 0.25) is 0 Å². The van der Waals surface area contributed by atoms with Gasteiger partial charge < -0.3 is 9.64 Å². The number of nitrogens with zero attached hydrogens (tertiary/aromatic N) is 1. The van der Waals surface area contributed by atoms with E-state index in [0.717, 1.165) is 38.9 Å². The standard InChI is InChI=1S/C8H15NO2/c1-2-9(7-10)6-8-4-3-5-11-8/h7-8H,2-6H2,1H3. The topological polar surface area (TPSA) is 29.5 Å². The summed E-state index contributed by atoms with van der Waals surface area (Å²) < 4.78 is 5.39. The van der Waals surface area contributed by atoms with Gasteiger partial charge in [0.25, 0.3) is 0 Å². The zero-order valence-electron chi connectivity index (χ0n) is 6.95. The van der Waals surface area contributed by atoms with Crippen LogP contribution in [0.3, 0.4) is 0 Å². The molecule has 1 aliphatic heterocycles. The Balaban J connectivity index is 2.21. The Morgan fingerprint density at radius 2 is 2.55 bits per heavy atom. The zero-order chi connectivity index (χ0) is 8.10. The van der Waals surface area contributed by atoms with Gasteiger partial charge in [-0.25, -0.2) is 0 Å². The highest BCUT2D eigenvalue weighted by molar-refractivity contribution is 5.46. The Kier molecular flexibility index (Phi) is 3.36. The molecule has 1 rings (SSSR count). The van der Waals surface area contributed by atoms with Gasteiger partial charge in [0.2, 0.25) is 6.41 Å². The van der Waals surface area contributed by atoms with E-state index in [0.29, 0.717) is 6.10 Å². The molecule has 0 aromatic heterocycles. The Hall–Kier alpha value is -0.570. The van der Waals surface area contributed by atoms with Crippen LogP contribution in [-0.4, -0.2) is 37.1 Å². The van der Waals surface area contributed by atoms with Crippen LogP contribution in [0.15, 0.2) is 0 Å². The second-order valence-corrected chi connectivity index (χ2v) is 2.83. The van der Waals surface area contributed by atoms with Crippen molar-refractivity contribution >= 4 is 6.41 Å². The van der Waals surface area contributed by atoms with E-state index in [2.05, 4.69) is 0 Å². The van der Waals surface area contributed by atoms with Gasteiger partial charge in [0.1, 0.15) is 0 Å². The summed E-state index contributed by atoms with van der Waals surface area (Å²) in [7, 11) is 0. The Bertz CT molecular complexity index is 121. The summed E-state index contributed by atoms with van der Waals surface area (Å²) in [5.41, 5.74) is 0. The first-order valence-electron chi connectivity index (χ1n) is 4.17. The average molecular weight is 157 g/mol. The van der Waals surface area contributed by atoms with Crippen molar-refractivity contribution in [2.24, 2.45) is 0 Å². The molecule has 0 aromatic rings. The van der Waals surface area contributed by atoms with E-state index in [-0.39, 0.29) is 0 Å². The smallest absolute Gasteiger partial charge is 0.209 e. The van der Waals surface area contributed by atoms with Crippen LogP contribution in [0.1, 0.15) is 19.8 Å². The summed E-state index contributed by atoms with van der Waals surface area (Å²) in [6.07, 6.45) is 3.42. The molecule has 1 fully saturated rings. The summed E-state index contributed by atoms with van der Waals surface area (Å²) in [6.45, 7) is 4.38. The quantitative estimate of drug-likeness (QED) is 0.560. The molecule has 64 valence electrons. The largest absolute Gasteiger partial charge is 0.376 e. The van der Waals surface area contributed by atoms with Gasteiger partial charge in [-0.3, -0.25) is 4.79 Å². The SMILES string of the molecule is CCN(C=O)CC1CCCO1. The predicted molar refractivity (Wildman–Crippen MR) is 42.3 cm³/mol. The molecule has 0 aromatic carbocycles. The molecule has 3 nitrogen and oxygen atoms in total. The van der Waals surface area contributed by atoms with Crippen LogP contribution in [0.4, 0.5) is 0 Å². The van der Waals surface area contributed by atoms with Gasteiger partial charge in [-0.05, 0) is 19.8 Å². The lowest BCUT2D eigenvalue weighted by molar-refractivity contribution is -0.119. The second-order valence-electron chi connectivity index (χ2n) is 2.83. The van der Waals surface area contributed by atoms with Crippen LogP contribution >= 0.6 is 0 Å². The predicted octanol–water partition coefficient (Wildman–Crippen LogP) is 0.644. The minimum Gasteiger partial charge on any atom is -0.376 e. The molecule has 0 bridgehead atoms. The maximum Gasteiger partial charge on any atom is 0.209 e. The van der Waals surface area contributed by atoms with E-state index >= 15 is 0 Å². The minimum atomic E-state index is 0.292. The summed E-state index contributed by atoms with van der Waals surface area (Å²) >= 11 is 0. The van der Waals surface area contributed by atoms with Crippen LogP contribution in [0.25, 0.3) is 0 Å². The molecular formula is C8H15NO2. The normalized spacial score (nSPS) is 23.5. The fourth-order valence-electron chi connectivity index (χ4n) is 1.30. The summed E-state index contributed by atoms with van der Waals surface area (Å²) in [5.74, 6) is 0. The van der Waals surface area contributed by atoms with Crippen molar-refractivity contribution in [2.75, 3.05) is 19.7 Å². The first-order valence-corrected chi connectivity index (χ1v) is 4.17. The molecule has 1 saturated heterocycles. The molecule has 0 N–H and O–H groups in total. The maximum atomic E-state index is 10.4. The van der Waals surface area contributed by atoms with E-state index < -0.39 is 0 Å². The van der Waals surface area contributed by atoms with Gasteiger partial charge in [-0.1, -0.05) is 0 Å². The summed E-state index contributed by atoms with van der Waals surface area (Å²) in [6, 6.07) is 0. The van der Waals surface area contributed by atoms with Crippen molar-refractivity contribution in [2.45, 2.75) is 25.9 Å². The number of ether oxygens (including phenoxy) is 1. The zero-order valence-corrected chi connectivity index (χ0v) is 6.95. The Morgan fingerprint density at radius 1 is 1.73 bits per heavy atom. The monoisotopic (exact) mass is 157 g/mol.